The van der Waals surface area contributed by atoms with Crippen molar-refractivity contribution in [3.05, 3.63) is 27.3 Å². The molecule has 1 spiro atoms. The second-order valence-corrected chi connectivity index (χ2v) is 16.0. The molecule has 5 atom stereocenters. The average Bonchev–Trinajstić information content (AvgIpc) is 3.83. The summed E-state index contributed by atoms with van der Waals surface area (Å²) in [5.74, 6) is 2.08. The number of aromatic nitrogens is 5. The zero-order valence-corrected chi connectivity index (χ0v) is 28.4. The fourth-order valence-electron chi connectivity index (χ4n) is 9.49. The Labute approximate surface area is 282 Å². The van der Waals surface area contributed by atoms with Gasteiger partial charge in [0.2, 0.25) is 5.91 Å². The van der Waals surface area contributed by atoms with Gasteiger partial charge in [0.1, 0.15) is 28.3 Å². The number of hydrogen-bond acceptors (Lipinski definition) is 12. The van der Waals surface area contributed by atoms with Crippen LogP contribution < -0.4 is 16.0 Å². The van der Waals surface area contributed by atoms with Crippen molar-refractivity contribution < 1.29 is 14.4 Å². The Morgan fingerprint density at radius 2 is 2.00 bits per heavy atom. The van der Waals surface area contributed by atoms with Gasteiger partial charge in [0.15, 0.2) is 28.7 Å². The number of hydrogen-bond donors (Lipinski definition) is 3. The molecule has 14 heteroatoms. The molecule has 1 amide bonds. The first kappa shape index (κ1) is 30.0. The minimum atomic E-state index is -0.993. The van der Waals surface area contributed by atoms with Gasteiger partial charge in [-0.2, -0.15) is 10.4 Å². The van der Waals surface area contributed by atoms with Gasteiger partial charge in [-0.25, -0.2) is 14.6 Å². The van der Waals surface area contributed by atoms with Gasteiger partial charge in [-0.05, 0) is 97.2 Å². The van der Waals surface area contributed by atoms with E-state index >= 15 is 0 Å². The number of likely N-dealkylation sites (N-methyl/N-ethyl adjacent to an activating group) is 1. The van der Waals surface area contributed by atoms with Crippen molar-refractivity contribution >= 4 is 44.9 Å². The molecular weight excluding hydrogens is 629 g/mol. The number of anilines is 3. The molecule has 2 saturated heterocycles. The van der Waals surface area contributed by atoms with Gasteiger partial charge in [-0.15, -0.1) is 11.3 Å². The number of piperidine rings is 1. The lowest BCUT2D eigenvalue weighted by Gasteiger charge is -2.41. The highest BCUT2D eigenvalue weighted by Crippen LogP contribution is 2.55. The number of nitrogens with zero attached hydrogens (tertiary/aromatic N) is 8. The molecule has 4 aromatic rings. The van der Waals surface area contributed by atoms with Crippen LogP contribution in [0.3, 0.4) is 0 Å². The topological polar surface area (TPSA) is 175 Å². The number of aryl methyl sites for hydroxylation is 1. The van der Waals surface area contributed by atoms with Gasteiger partial charge >= 0.3 is 0 Å². The summed E-state index contributed by atoms with van der Waals surface area (Å²) < 4.78 is 8.28. The Hall–Kier alpha value is -4.06. The van der Waals surface area contributed by atoms with Crippen molar-refractivity contribution in [3.8, 4) is 17.6 Å². The Bertz CT molecular complexity index is 2040. The van der Waals surface area contributed by atoms with Crippen LogP contribution in [0.5, 0.6) is 0 Å². The van der Waals surface area contributed by atoms with Crippen LogP contribution in [0.25, 0.3) is 22.6 Å². The highest BCUT2D eigenvalue weighted by molar-refractivity contribution is 7.16. The van der Waals surface area contributed by atoms with Crippen LogP contribution in [0.15, 0.2) is 4.52 Å². The SMILES string of the molecule is CC(C1CCCN1C)n1nc2c3c(nc(-c4noc5c4CCCC54CCCc5sc(N)c(C#N)c54)nc31)N1CC(C)(O)CCC1C(=O)N2. The molecule has 0 radical (unpaired) electrons. The summed E-state index contributed by atoms with van der Waals surface area (Å²) in [4.78, 5) is 29.5. The summed E-state index contributed by atoms with van der Waals surface area (Å²) in [7, 11) is 2.14. The summed E-state index contributed by atoms with van der Waals surface area (Å²) in [5, 5.41) is 35.4. The van der Waals surface area contributed by atoms with E-state index in [1.165, 1.54) is 16.2 Å². The van der Waals surface area contributed by atoms with Crippen LogP contribution in [-0.4, -0.2) is 78.6 Å². The van der Waals surface area contributed by atoms with Crippen molar-refractivity contribution in [2.45, 2.75) is 107 Å². The fraction of sp³-hybridized carbons (Fsp3) is 0.588. The average molecular weight is 669 g/mol. The Kier molecular flexibility index (Phi) is 6.55. The number of nitrogen functional groups attached to an aromatic ring is 1. The highest BCUT2D eigenvalue weighted by Gasteiger charge is 2.49. The van der Waals surface area contributed by atoms with E-state index in [0.29, 0.717) is 57.6 Å². The molecule has 4 N–H and O–H groups in total. The number of carbonyl (C=O) groups is 1. The van der Waals surface area contributed by atoms with Gasteiger partial charge in [0, 0.05) is 23.0 Å². The van der Waals surface area contributed by atoms with Crippen LogP contribution in [0.1, 0.15) is 98.6 Å². The molecule has 2 fully saturated rings. The molecule has 13 nitrogen and oxygen atoms in total. The Morgan fingerprint density at radius 1 is 1.19 bits per heavy atom. The van der Waals surface area contributed by atoms with Gasteiger partial charge < -0.3 is 30.5 Å². The molecule has 48 heavy (non-hydrogen) atoms. The summed E-state index contributed by atoms with van der Waals surface area (Å²) in [6, 6.07) is 2.14. The predicted molar refractivity (Wildman–Crippen MR) is 181 cm³/mol. The van der Waals surface area contributed by atoms with Crippen LogP contribution in [0, 0.1) is 11.3 Å². The van der Waals surface area contributed by atoms with E-state index < -0.39 is 17.1 Å². The van der Waals surface area contributed by atoms with E-state index in [2.05, 4.69) is 30.3 Å². The minimum Gasteiger partial charge on any atom is -0.389 e. The third kappa shape index (κ3) is 4.16. The highest BCUT2D eigenvalue weighted by atomic mass is 32.1. The normalized spacial score (nSPS) is 28.9. The number of nitrogens with one attached hydrogen (secondary N) is 1. The minimum absolute atomic E-state index is 0.0236. The first-order valence-corrected chi connectivity index (χ1v) is 18.0. The first-order chi connectivity index (χ1) is 23.1. The molecule has 2 aliphatic carbocycles. The summed E-state index contributed by atoms with van der Waals surface area (Å²) in [5.41, 5.74) is 8.69. The predicted octanol–water partition coefficient (Wildman–Crippen LogP) is 4.28. The van der Waals surface area contributed by atoms with Gasteiger partial charge in [-0.1, -0.05) is 5.16 Å². The molecule has 5 aliphatic rings. The molecule has 3 aliphatic heterocycles. The second kappa shape index (κ2) is 10.5. The summed E-state index contributed by atoms with van der Waals surface area (Å²) in [6.07, 6.45) is 8.40. The van der Waals surface area contributed by atoms with Crippen LogP contribution >= 0.6 is 11.3 Å². The molecular formula is C34H40N10O3S. The van der Waals surface area contributed by atoms with E-state index in [1.54, 1.807) is 0 Å². The Morgan fingerprint density at radius 3 is 2.77 bits per heavy atom. The van der Waals surface area contributed by atoms with Crippen molar-refractivity contribution in [2.24, 2.45) is 0 Å². The number of nitriles is 1. The number of likely N-dealkylation sites (tertiary alicyclic amines) is 1. The molecule has 9 rings (SSSR count). The third-order valence-corrected chi connectivity index (χ3v) is 12.9. The number of rotatable bonds is 3. The standard InChI is InChI=1S/C34H40N10O3S/c1-17(20-8-6-14-42(20)3)44-31-23-28(40-44)39-32(45)21-10-13-33(2,46)16-43(21)30(23)37-29(38-31)25-18-7-4-11-34(26(18)47-41-25)12-5-9-22-24(34)19(15-35)27(36)48-22/h17,20-21,46H,4-14,16,36H2,1-3H3,(H,39,40,45). The molecule has 5 unspecified atom stereocenters. The number of aliphatic hydroxyl groups is 1. The van der Waals surface area contributed by atoms with Crippen molar-refractivity contribution in [1.82, 2.24) is 29.8 Å². The molecule has 4 aromatic heterocycles. The monoisotopic (exact) mass is 668 g/mol. The van der Waals surface area contributed by atoms with E-state index in [0.717, 1.165) is 74.8 Å². The fourth-order valence-corrected chi connectivity index (χ4v) is 10.6. The Balaban J connectivity index is 1.26. The second-order valence-electron chi connectivity index (χ2n) is 14.8. The number of carbonyl (C=O) groups excluding carboxylic acids is 1. The molecule has 0 bridgehead atoms. The number of fused-ring (bicyclic) bond motifs is 6. The van der Waals surface area contributed by atoms with Crippen molar-refractivity contribution in [2.75, 3.05) is 36.1 Å². The molecule has 0 saturated carbocycles. The maximum Gasteiger partial charge on any atom is 0.248 e. The van der Waals surface area contributed by atoms with Gasteiger partial charge in [0.05, 0.1) is 22.6 Å². The van der Waals surface area contributed by atoms with Crippen molar-refractivity contribution in [3.63, 3.8) is 0 Å². The maximum absolute atomic E-state index is 13.7. The summed E-state index contributed by atoms with van der Waals surface area (Å²) in [6.45, 7) is 5.24. The lowest BCUT2D eigenvalue weighted by molar-refractivity contribution is -0.118. The number of amides is 1. The van der Waals surface area contributed by atoms with Gasteiger partial charge in [-0.3, -0.25) is 4.79 Å². The smallest absolute Gasteiger partial charge is 0.248 e. The van der Waals surface area contributed by atoms with E-state index in [9.17, 15) is 15.2 Å². The maximum atomic E-state index is 13.7. The van der Waals surface area contributed by atoms with Crippen molar-refractivity contribution in [1.29, 1.82) is 5.26 Å². The molecule has 7 heterocycles. The molecule has 0 aromatic carbocycles. The van der Waals surface area contributed by atoms with Gasteiger partial charge in [0.25, 0.3) is 0 Å². The van der Waals surface area contributed by atoms with Crippen LogP contribution in [-0.2, 0) is 23.1 Å². The van der Waals surface area contributed by atoms with Crippen LogP contribution in [0.2, 0.25) is 0 Å². The molecule has 250 valence electrons. The van der Waals surface area contributed by atoms with E-state index in [1.807, 2.05) is 16.5 Å². The zero-order chi connectivity index (χ0) is 33.1. The number of thiophene rings is 1. The quantitative estimate of drug-likeness (QED) is 0.284. The van der Waals surface area contributed by atoms with E-state index in [4.69, 9.17) is 30.5 Å². The summed E-state index contributed by atoms with van der Waals surface area (Å²) >= 11 is 1.53. The van der Waals surface area contributed by atoms with E-state index in [-0.39, 0.29) is 24.5 Å². The lowest BCUT2D eigenvalue weighted by atomic mass is 9.63. The lowest BCUT2D eigenvalue weighted by Crippen LogP contribution is -2.55. The van der Waals surface area contributed by atoms with Crippen LogP contribution in [0.4, 0.5) is 16.6 Å². The third-order valence-electron chi connectivity index (χ3n) is 11.8. The first-order valence-electron chi connectivity index (χ1n) is 17.2. The largest absolute Gasteiger partial charge is 0.389 e. The number of nitrogens with two attached hydrogens (primary N) is 1. The zero-order valence-electron chi connectivity index (χ0n) is 27.5.